The van der Waals surface area contributed by atoms with Gasteiger partial charge in [-0.1, -0.05) is 24.3 Å². The fraction of sp³-hybridized carbons (Fsp3) is 0.105. The number of alkyl halides is 3. The molecule has 1 aromatic heterocycles. The summed E-state index contributed by atoms with van der Waals surface area (Å²) in [4.78, 5) is 22.7. The largest absolute Gasteiger partial charge is 0.416 e. The van der Waals surface area contributed by atoms with E-state index in [1.165, 1.54) is 53.3 Å². The molecule has 30 heavy (non-hydrogen) atoms. The van der Waals surface area contributed by atoms with E-state index in [9.17, 15) is 33.3 Å². The Morgan fingerprint density at radius 3 is 2.60 bits per heavy atom. The Hall–Kier alpha value is -4.20. The second-order valence-electron chi connectivity index (χ2n) is 6.04. The van der Waals surface area contributed by atoms with Gasteiger partial charge in [-0.3, -0.25) is 14.9 Å². The van der Waals surface area contributed by atoms with Crippen molar-refractivity contribution in [3.8, 4) is 11.8 Å². The molecule has 0 aliphatic carbocycles. The smallest absolute Gasteiger partial charge is 0.331 e. The summed E-state index contributed by atoms with van der Waals surface area (Å²) in [5.74, 6) is -0.872. The summed E-state index contributed by atoms with van der Waals surface area (Å²) in [6, 6.07) is 11.3. The molecule has 0 radical (unpaired) electrons. The van der Waals surface area contributed by atoms with E-state index in [4.69, 9.17) is 0 Å². The fourth-order valence-corrected chi connectivity index (χ4v) is 2.73. The summed E-state index contributed by atoms with van der Waals surface area (Å²) in [5, 5.41) is 26.4. The molecular formula is C19H12F3N5O3. The van der Waals surface area contributed by atoms with Crippen LogP contribution in [0.3, 0.4) is 0 Å². The first-order valence-electron chi connectivity index (χ1n) is 8.38. The Labute approximate surface area is 167 Å². The first-order chi connectivity index (χ1) is 14.2. The minimum atomic E-state index is -4.69. The third-order valence-corrected chi connectivity index (χ3v) is 4.11. The van der Waals surface area contributed by atoms with E-state index in [1.807, 2.05) is 0 Å². The highest BCUT2D eigenvalue weighted by molar-refractivity contribution is 5.92. The van der Waals surface area contributed by atoms with Crippen LogP contribution in [0.4, 0.5) is 18.9 Å². The van der Waals surface area contributed by atoms with Crippen molar-refractivity contribution in [1.29, 1.82) is 5.26 Å². The standard InChI is InChI=1S/C19H12F3N5O3/c20-19(21,22)15-7-2-1-6-14(15)17(11-23)24-18(28)16-8-9-26(25-16)12-4-3-5-13(10-12)27(29)30/h1-10,17H,(H,24,28). The van der Waals surface area contributed by atoms with E-state index in [0.717, 1.165) is 12.1 Å². The maximum Gasteiger partial charge on any atom is 0.416 e. The molecule has 2 aromatic carbocycles. The van der Waals surface area contributed by atoms with Gasteiger partial charge >= 0.3 is 6.18 Å². The van der Waals surface area contributed by atoms with Crippen LogP contribution in [0.15, 0.2) is 60.8 Å². The van der Waals surface area contributed by atoms with Crippen LogP contribution in [0.2, 0.25) is 0 Å². The average molecular weight is 415 g/mol. The van der Waals surface area contributed by atoms with Gasteiger partial charge in [-0.15, -0.1) is 0 Å². The number of nitriles is 1. The molecule has 1 heterocycles. The van der Waals surface area contributed by atoms with Crippen LogP contribution in [0.5, 0.6) is 0 Å². The average Bonchev–Trinajstić information content (AvgIpc) is 3.22. The van der Waals surface area contributed by atoms with Crippen molar-refractivity contribution in [1.82, 2.24) is 15.1 Å². The maximum absolute atomic E-state index is 13.2. The molecule has 0 saturated heterocycles. The number of rotatable bonds is 5. The van der Waals surface area contributed by atoms with Crippen molar-refractivity contribution in [2.24, 2.45) is 0 Å². The number of halogens is 3. The molecule has 3 rings (SSSR count). The number of amides is 1. The van der Waals surface area contributed by atoms with Crippen LogP contribution in [-0.4, -0.2) is 20.6 Å². The quantitative estimate of drug-likeness (QED) is 0.503. The van der Waals surface area contributed by atoms with Crippen molar-refractivity contribution in [3.05, 3.63) is 87.7 Å². The molecule has 0 spiro atoms. The number of nitrogens with one attached hydrogen (secondary N) is 1. The summed E-state index contributed by atoms with van der Waals surface area (Å²) < 4.78 is 40.8. The molecule has 1 amide bonds. The molecule has 1 atom stereocenters. The molecule has 0 fully saturated rings. The molecule has 1 N–H and O–H groups in total. The van der Waals surface area contributed by atoms with Crippen LogP contribution in [0, 0.1) is 21.4 Å². The van der Waals surface area contributed by atoms with Crippen LogP contribution < -0.4 is 5.32 Å². The van der Waals surface area contributed by atoms with E-state index < -0.39 is 28.6 Å². The van der Waals surface area contributed by atoms with E-state index in [0.29, 0.717) is 5.69 Å². The normalized spacial score (nSPS) is 12.1. The lowest BCUT2D eigenvalue weighted by Crippen LogP contribution is -2.29. The van der Waals surface area contributed by atoms with Gasteiger partial charge in [0.05, 0.1) is 22.2 Å². The molecular weight excluding hydrogens is 403 g/mol. The number of nitro groups is 1. The highest BCUT2D eigenvalue weighted by Crippen LogP contribution is 2.34. The molecule has 0 aliphatic rings. The second-order valence-corrected chi connectivity index (χ2v) is 6.04. The fourth-order valence-electron chi connectivity index (χ4n) is 2.73. The molecule has 1 unspecified atom stereocenters. The van der Waals surface area contributed by atoms with Crippen LogP contribution in [0.1, 0.15) is 27.7 Å². The highest BCUT2D eigenvalue weighted by atomic mass is 19.4. The summed E-state index contributed by atoms with van der Waals surface area (Å²) >= 11 is 0. The van der Waals surface area contributed by atoms with Gasteiger partial charge in [0, 0.05) is 23.9 Å². The predicted octanol–water partition coefficient (Wildman–Crippen LogP) is 3.79. The molecule has 11 heteroatoms. The minimum Gasteiger partial charge on any atom is -0.331 e. The summed E-state index contributed by atoms with van der Waals surface area (Å²) in [6.07, 6.45) is -3.33. The number of non-ortho nitro benzene ring substituents is 1. The topological polar surface area (TPSA) is 114 Å². The van der Waals surface area contributed by atoms with E-state index in [-0.39, 0.29) is 16.9 Å². The van der Waals surface area contributed by atoms with E-state index in [2.05, 4.69) is 10.4 Å². The molecule has 3 aromatic rings. The zero-order chi connectivity index (χ0) is 21.9. The first-order valence-corrected chi connectivity index (χ1v) is 8.38. The van der Waals surface area contributed by atoms with Gasteiger partial charge in [0.15, 0.2) is 5.69 Å². The number of carbonyl (C=O) groups is 1. The number of nitro benzene ring substituents is 1. The van der Waals surface area contributed by atoms with Gasteiger partial charge in [-0.25, -0.2) is 4.68 Å². The van der Waals surface area contributed by atoms with Crippen LogP contribution >= 0.6 is 0 Å². The monoisotopic (exact) mass is 415 g/mol. The third-order valence-electron chi connectivity index (χ3n) is 4.11. The number of carbonyl (C=O) groups excluding carboxylic acids is 1. The number of benzene rings is 2. The van der Waals surface area contributed by atoms with Crippen LogP contribution in [0.25, 0.3) is 5.69 Å². The van der Waals surface area contributed by atoms with E-state index in [1.54, 1.807) is 6.07 Å². The predicted molar refractivity (Wildman–Crippen MR) is 97.5 cm³/mol. The number of nitrogens with zero attached hydrogens (tertiary/aromatic N) is 4. The zero-order valence-corrected chi connectivity index (χ0v) is 15.0. The molecule has 152 valence electrons. The Bertz CT molecular complexity index is 1150. The Morgan fingerprint density at radius 1 is 1.20 bits per heavy atom. The number of hydrogen-bond donors (Lipinski definition) is 1. The summed E-state index contributed by atoms with van der Waals surface area (Å²) in [5.41, 5.74) is -1.46. The summed E-state index contributed by atoms with van der Waals surface area (Å²) in [7, 11) is 0. The SMILES string of the molecule is N#CC(NC(=O)c1ccn(-c2cccc([N+](=O)[O-])c2)n1)c1ccccc1C(F)(F)F. The number of aromatic nitrogens is 2. The van der Waals surface area contributed by atoms with Gasteiger partial charge in [0.25, 0.3) is 11.6 Å². The van der Waals surface area contributed by atoms with Crippen molar-refractivity contribution in [2.75, 3.05) is 0 Å². The molecule has 0 bridgehead atoms. The van der Waals surface area contributed by atoms with Gasteiger partial charge in [-0.2, -0.15) is 23.5 Å². The zero-order valence-electron chi connectivity index (χ0n) is 15.0. The molecule has 0 aliphatic heterocycles. The van der Waals surface area contributed by atoms with E-state index >= 15 is 0 Å². The maximum atomic E-state index is 13.2. The second kappa shape index (κ2) is 8.04. The Balaban J connectivity index is 1.84. The van der Waals surface area contributed by atoms with Gasteiger partial charge in [-0.05, 0) is 18.2 Å². The lowest BCUT2D eigenvalue weighted by Gasteiger charge is -2.17. The lowest BCUT2D eigenvalue weighted by atomic mass is 10.0. The first kappa shape index (κ1) is 20.5. The van der Waals surface area contributed by atoms with Crippen molar-refractivity contribution >= 4 is 11.6 Å². The van der Waals surface area contributed by atoms with Gasteiger partial charge in [0.2, 0.25) is 0 Å². The van der Waals surface area contributed by atoms with Gasteiger partial charge in [0.1, 0.15) is 6.04 Å². The Kier molecular flexibility index (Phi) is 5.50. The minimum absolute atomic E-state index is 0.175. The van der Waals surface area contributed by atoms with Gasteiger partial charge < -0.3 is 5.32 Å². The summed E-state index contributed by atoms with van der Waals surface area (Å²) in [6.45, 7) is 0. The Morgan fingerprint density at radius 2 is 1.93 bits per heavy atom. The molecule has 0 saturated carbocycles. The van der Waals surface area contributed by atoms with Crippen molar-refractivity contribution in [2.45, 2.75) is 12.2 Å². The highest BCUT2D eigenvalue weighted by Gasteiger charge is 2.35. The lowest BCUT2D eigenvalue weighted by molar-refractivity contribution is -0.384. The van der Waals surface area contributed by atoms with Crippen LogP contribution in [-0.2, 0) is 6.18 Å². The molecule has 8 nitrogen and oxygen atoms in total. The third kappa shape index (κ3) is 4.27. The number of hydrogen-bond acceptors (Lipinski definition) is 5. The van der Waals surface area contributed by atoms with Crippen molar-refractivity contribution in [3.63, 3.8) is 0 Å². The van der Waals surface area contributed by atoms with Crippen molar-refractivity contribution < 1.29 is 22.9 Å².